The van der Waals surface area contributed by atoms with E-state index in [1.165, 1.54) is 0 Å². The maximum absolute atomic E-state index is 13.0. The molecule has 0 aromatic heterocycles. The standard InChI is InChI=1S/C15H12F4O/c1-9-4-2-3-5-11(9)14(20)12-7-6-10(16)8-13(12)15(17,18)19/h2-8,14,20H,1H3. The van der Waals surface area contributed by atoms with Crippen LogP contribution in [0.1, 0.15) is 28.4 Å². The molecule has 5 heteroatoms. The van der Waals surface area contributed by atoms with Crippen molar-refractivity contribution in [3.05, 3.63) is 70.5 Å². The van der Waals surface area contributed by atoms with Crippen molar-refractivity contribution in [2.45, 2.75) is 19.2 Å². The Morgan fingerprint density at radius 1 is 1.00 bits per heavy atom. The molecule has 0 amide bonds. The van der Waals surface area contributed by atoms with Crippen molar-refractivity contribution in [2.75, 3.05) is 0 Å². The van der Waals surface area contributed by atoms with Crippen LogP contribution in [0.4, 0.5) is 17.6 Å². The minimum absolute atomic E-state index is 0.354. The minimum atomic E-state index is -4.72. The number of rotatable bonds is 2. The number of benzene rings is 2. The van der Waals surface area contributed by atoms with Gasteiger partial charge in [-0.05, 0) is 35.7 Å². The van der Waals surface area contributed by atoms with Crippen LogP contribution in [0, 0.1) is 12.7 Å². The molecule has 0 spiro atoms. The lowest BCUT2D eigenvalue weighted by molar-refractivity contribution is -0.139. The lowest BCUT2D eigenvalue weighted by atomic mass is 9.94. The van der Waals surface area contributed by atoms with E-state index in [0.29, 0.717) is 17.2 Å². The summed E-state index contributed by atoms with van der Waals surface area (Å²) in [4.78, 5) is 0. The molecule has 1 unspecified atom stereocenters. The highest BCUT2D eigenvalue weighted by Gasteiger charge is 2.35. The summed E-state index contributed by atoms with van der Waals surface area (Å²) in [5, 5.41) is 10.2. The molecular weight excluding hydrogens is 272 g/mol. The van der Waals surface area contributed by atoms with Gasteiger partial charge in [0.15, 0.2) is 0 Å². The summed E-state index contributed by atoms with van der Waals surface area (Å²) in [6.07, 6.45) is -6.17. The van der Waals surface area contributed by atoms with Crippen molar-refractivity contribution >= 4 is 0 Å². The predicted molar refractivity (Wildman–Crippen MR) is 66.6 cm³/mol. The molecule has 0 saturated heterocycles. The van der Waals surface area contributed by atoms with Crippen LogP contribution in [0.3, 0.4) is 0 Å². The SMILES string of the molecule is Cc1ccccc1C(O)c1ccc(F)cc1C(F)(F)F. The van der Waals surface area contributed by atoms with E-state index in [-0.39, 0.29) is 5.56 Å². The van der Waals surface area contributed by atoms with Crippen LogP contribution < -0.4 is 0 Å². The highest BCUT2D eigenvalue weighted by molar-refractivity contribution is 5.40. The number of halogens is 4. The molecule has 20 heavy (non-hydrogen) atoms. The van der Waals surface area contributed by atoms with Gasteiger partial charge in [-0.1, -0.05) is 30.3 Å². The molecule has 0 radical (unpaired) electrons. The fraction of sp³-hybridized carbons (Fsp3) is 0.200. The van der Waals surface area contributed by atoms with Gasteiger partial charge in [0, 0.05) is 0 Å². The Bertz CT molecular complexity index is 620. The van der Waals surface area contributed by atoms with Gasteiger partial charge in [-0.25, -0.2) is 4.39 Å². The van der Waals surface area contributed by atoms with Crippen LogP contribution in [0.25, 0.3) is 0 Å². The van der Waals surface area contributed by atoms with E-state index in [9.17, 15) is 22.7 Å². The van der Waals surface area contributed by atoms with Gasteiger partial charge in [0.1, 0.15) is 11.9 Å². The fourth-order valence-electron chi connectivity index (χ4n) is 2.07. The van der Waals surface area contributed by atoms with Crippen molar-refractivity contribution in [1.29, 1.82) is 0 Å². The first-order valence-electron chi connectivity index (χ1n) is 5.91. The molecule has 0 fully saturated rings. The van der Waals surface area contributed by atoms with Crippen molar-refractivity contribution in [3.63, 3.8) is 0 Å². The van der Waals surface area contributed by atoms with Crippen LogP contribution in [0.15, 0.2) is 42.5 Å². The molecule has 2 aromatic rings. The zero-order valence-electron chi connectivity index (χ0n) is 10.6. The van der Waals surface area contributed by atoms with E-state index < -0.39 is 23.7 Å². The van der Waals surface area contributed by atoms with Gasteiger partial charge in [0.2, 0.25) is 0 Å². The fourth-order valence-corrected chi connectivity index (χ4v) is 2.07. The van der Waals surface area contributed by atoms with Gasteiger partial charge in [-0.3, -0.25) is 0 Å². The highest BCUT2D eigenvalue weighted by atomic mass is 19.4. The molecule has 2 rings (SSSR count). The average molecular weight is 284 g/mol. The lowest BCUT2D eigenvalue weighted by Crippen LogP contribution is -2.13. The topological polar surface area (TPSA) is 20.2 Å². The molecule has 0 saturated carbocycles. The normalized spacial score (nSPS) is 13.3. The Morgan fingerprint density at radius 3 is 2.25 bits per heavy atom. The largest absolute Gasteiger partial charge is 0.416 e. The molecule has 1 atom stereocenters. The quantitative estimate of drug-likeness (QED) is 0.818. The summed E-state index contributed by atoms with van der Waals surface area (Å²) >= 11 is 0. The molecule has 2 aromatic carbocycles. The third-order valence-electron chi connectivity index (χ3n) is 3.10. The van der Waals surface area contributed by atoms with Crippen molar-refractivity contribution in [2.24, 2.45) is 0 Å². The molecule has 0 bridgehead atoms. The lowest BCUT2D eigenvalue weighted by Gasteiger charge is -2.19. The van der Waals surface area contributed by atoms with Crippen LogP contribution in [0.2, 0.25) is 0 Å². The number of hydrogen-bond acceptors (Lipinski definition) is 1. The summed E-state index contributed by atoms with van der Waals surface area (Å²) in [6.45, 7) is 1.69. The van der Waals surface area contributed by atoms with Crippen LogP contribution in [-0.4, -0.2) is 5.11 Å². The Labute approximate surface area is 113 Å². The number of alkyl halides is 3. The van der Waals surface area contributed by atoms with Crippen LogP contribution >= 0.6 is 0 Å². The summed E-state index contributed by atoms with van der Waals surface area (Å²) in [6, 6.07) is 8.86. The zero-order valence-corrected chi connectivity index (χ0v) is 10.6. The zero-order chi connectivity index (χ0) is 14.9. The second kappa shape index (κ2) is 5.25. The maximum Gasteiger partial charge on any atom is 0.416 e. The molecule has 1 nitrogen and oxygen atoms in total. The smallest absolute Gasteiger partial charge is 0.384 e. The van der Waals surface area contributed by atoms with E-state index in [0.717, 1.165) is 12.1 Å². The number of aliphatic hydroxyl groups is 1. The number of aliphatic hydroxyl groups excluding tert-OH is 1. The van der Waals surface area contributed by atoms with Crippen LogP contribution in [-0.2, 0) is 6.18 Å². The van der Waals surface area contributed by atoms with Gasteiger partial charge >= 0.3 is 6.18 Å². The van der Waals surface area contributed by atoms with Gasteiger partial charge in [-0.15, -0.1) is 0 Å². The third kappa shape index (κ3) is 2.82. The second-order valence-electron chi connectivity index (χ2n) is 4.49. The van der Waals surface area contributed by atoms with Crippen molar-refractivity contribution in [3.8, 4) is 0 Å². The predicted octanol–water partition coefficient (Wildman–Crippen LogP) is 4.23. The first kappa shape index (κ1) is 14.5. The van der Waals surface area contributed by atoms with E-state index in [1.807, 2.05) is 0 Å². The molecule has 0 aliphatic carbocycles. The summed E-state index contributed by atoms with van der Waals surface area (Å²) in [5.41, 5.74) is -0.483. The van der Waals surface area contributed by atoms with E-state index >= 15 is 0 Å². The van der Waals surface area contributed by atoms with Crippen molar-refractivity contribution < 1.29 is 22.7 Å². The van der Waals surface area contributed by atoms with Crippen LogP contribution in [0.5, 0.6) is 0 Å². The Morgan fingerprint density at radius 2 is 1.65 bits per heavy atom. The first-order chi connectivity index (χ1) is 9.30. The van der Waals surface area contributed by atoms with E-state index in [1.54, 1.807) is 31.2 Å². The number of aryl methyl sites for hydroxylation is 1. The Balaban J connectivity index is 2.56. The average Bonchev–Trinajstić information content (AvgIpc) is 2.37. The maximum atomic E-state index is 13.0. The first-order valence-corrected chi connectivity index (χ1v) is 5.91. The second-order valence-corrected chi connectivity index (χ2v) is 4.49. The van der Waals surface area contributed by atoms with Gasteiger partial charge in [0.25, 0.3) is 0 Å². The molecule has 0 aliphatic heterocycles. The molecule has 106 valence electrons. The van der Waals surface area contributed by atoms with Gasteiger partial charge in [-0.2, -0.15) is 13.2 Å². The summed E-state index contributed by atoms with van der Waals surface area (Å²) in [5.74, 6) is -0.988. The molecule has 0 heterocycles. The molecule has 0 aliphatic rings. The molecular formula is C15H12F4O. The van der Waals surface area contributed by atoms with E-state index in [2.05, 4.69) is 0 Å². The summed E-state index contributed by atoms with van der Waals surface area (Å²) < 4.78 is 51.8. The monoisotopic (exact) mass is 284 g/mol. The highest BCUT2D eigenvalue weighted by Crippen LogP contribution is 2.37. The summed E-state index contributed by atoms with van der Waals surface area (Å²) in [7, 11) is 0. The van der Waals surface area contributed by atoms with Gasteiger partial charge in [0.05, 0.1) is 5.56 Å². The van der Waals surface area contributed by atoms with Gasteiger partial charge < -0.3 is 5.11 Å². The molecule has 1 N–H and O–H groups in total. The number of hydrogen-bond donors (Lipinski definition) is 1. The van der Waals surface area contributed by atoms with E-state index in [4.69, 9.17) is 0 Å². The Kier molecular flexibility index (Phi) is 3.81. The third-order valence-corrected chi connectivity index (χ3v) is 3.10. The minimum Gasteiger partial charge on any atom is -0.384 e. The Hall–Kier alpha value is -1.88. The van der Waals surface area contributed by atoms with Crippen molar-refractivity contribution in [1.82, 2.24) is 0 Å².